The topological polar surface area (TPSA) is 61.9 Å². The van der Waals surface area contributed by atoms with E-state index in [1.165, 1.54) is 11.1 Å². The van der Waals surface area contributed by atoms with E-state index >= 15 is 0 Å². The third-order valence-corrected chi connectivity index (χ3v) is 4.37. The van der Waals surface area contributed by atoms with E-state index in [0.29, 0.717) is 0 Å². The van der Waals surface area contributed by atoms with E-state index in [0.717, 1.165) is 42.4 Å². The van der Waals surface area contributed by atoms with Crippen molar-refractivity contribution in [3.63, 3.8) is 0 Å². The molecule has 3 aromatic rings. The van der Waals surface area contributed by atoms with Crippen LogP contribution in [0.4, 0.5) is 0 Å². The zero-order valence-corrected chi connectivity index (χ0v) is 12.1. The zero-order valence-electron chi connectivity index (χ0n) is 12.1. The molecular weight excluding hydrogens is 276 g/mol. The number of nitrogens with zero attached hydrogens (tertiary/aromatic N) is 3. The molecule has 5 nitrogen and oxygen atoms in total. The fourth-order valence-corrected chi connectivity index (χ4v) is 3.24. The van der Waals surface area contributed by atoms with Crippen LogP contribution in [-0.2, 0) is 17.8 Å². The summed E-state index contributed by atoms with van der Waals surface area (Å²) in [6.07, 6.45) is 5.68. The van der Waals surface area contributed by atoms with Gasteiger partial charge in [0.25, 0.3) is 0 Å². The Morgan fingerprint density at radius 2 is 2.09 bits per heavy atom. The number of H-pyrrole nitrogens is 1. The van der Waals surface area contributed by atoms with Crippen LogP contribution in [-0.4, -0.2) is 32.9 Å². The first-order chi connectivity index (χ1) is 10.9. The molecule has 0 fully saturated rings. The van der Waals surface area contributed by atoms with Crippen LogP contribution in [0.3, 0.4) is 0 Å². The molecule has 5 heteroatoms. The first-order valence-electron chi connectivity index (χ1n) is 7.41. The molecule has 1 unspecified atom stereocenters. The van der Waals surface area contributed by atoms with Crippen LogP contribution in [0.15, 0.2) is 42.7 Å². The van der Waals surface area contributed by atoms with Crippen molar-refractivity contribution in [2.24, 2.45) is 0 Å². The standard InChI is InChI=1S/C17H16N4O/c22-11-16(12-4-2-1-3-5-12)21-7-6-14-13(10-21)8-18-17-15(14)9-19-20-17/h1-5,8-9,11,16H,6-7,10H2,(H,18,19,20). The van der Waals surface area contributed by atoms with Crippen LogP contribution in [0.5, 0.6) is 0 Å². The number of benzene rings is 1. The Balaban J connectivity index is 1.67. The second-order valence-corrected chi connectivity index (χ2v) is 5.61. The molecule has 1 aromatic carbocycles. The summed E-state index contributed by atoms with van der Waals surface area (Å²) in [6, 6.07) is 9.73. The van der Waals surface area contributed by atoms with E-state index < -0.39 is 0 Å². The number of carbonyl (C=O) groups excluding carboxylic acids is 1. The number of pyridine rings is 1. The van der Waals surface area contributed by atoms with Gasteiger partial charge in [0.2, 0.25) is 0 Å². The van der Waals surface area contributed by atoms with Gasteiger partial charge >= 0.3 is 0 Å². The van der Waals surface area contributed by atoms with Crippen molar-refractivity contribution in [2.45, 2.75) is 19.0 Å². The van der Waals surface area contributed by atoms with Gasteiger partial charge in [0.15, 0.2) is 5.65 Å². The quantitative estimate of drug-likeness (QED) is 0.752. The molecule has 110 valence electrons. The maximum absolute atomic E-state index is 11.6. The van der Waals surface area contributed by atoms with Gasteiger partial charge in [0.1, 0.15) is 6.29 Å². The van der Waals surface area contributed by atoms with Gasteiger partial charge in [0, 0.05) is 24.7 Å². The van der Waals surface area contributed by atoms with Crippen LogP contribution in [0.2, 0.25) is 0 Å². The lowest BCUT2D eigenvalue weighted by molar-refractivity contribution is -0.113. The van der Waals surface area contributed by atoms with Gasteiger partial charge in [-0.25, -0.2) is 4.98 Å². The fourth-order valence-electron chi connectivity index (χ4n) is 3.24. The summed E-state index contributed by atoms with van der Waals surface area (Å²) < 4.78 is 0. The first kappa shape index (κ1) is 13.2. The van der Waals surface area contributed by atoms with Crippen molar-refractivity contribution in [1.82, 2.24) is 20.1 Å². The van der Waals surface area contributed by atoms with Crippen molar-refractivity contribution in [1.29, 1.82) is 0 Å². The second kappa shape index (κ2) is 5.35. The molecule has 1 N–H and O–H groups in total. The minimum Gasteiger partial charge on any atom is -0.301 e. The molecule has 2 aromatic heterocycles. The van der Waals surface area contributed by atoms with Gasteiger partial charge < -0.3 is 4.79 Å². The number of aromatic amines is 1. The van der Waals surface area contributed by atoms with Gasteiger partial charge in [0.05, 0.1) is 12.2 Å². The lowest BCUT2D eigenvalue weighted by atomic mass is 9.96. The van der Waals surface area contributed by atoms with Crippen molar-refractivity contribution in [3.8, 4) is 0 Å². The van der Waals surface area contributed by atoms with Gasteiger partial charge in [-0.1, -0.05) is 30.3 Å². The molecule has 1 atom stereocenters. The molecule has 0 aliphatic carbocycles. The number of hydrogen-bond acceptors (Lipinski definition) is 4. The van der Waals surface area contributed by atoms with Crippen LogP contribution in [0.25, 0.3) is 11.0 Å². The summed E-state index contributed by atoms with van der Waals surface area (Å²) in [5, 5.41) is 8.08. The molecule has 0 radical (unpaired) electrons. The average molecular weight is 292 g/mol. The van der Waals surface area contributed by atoms with E-state index in [9.17, 15) is 4.79 Å². The first-order valence-corrected chi connectivity index (χ1v) is 7.41. The van der Waals surface area contributed by atoms with Gasteiger partial charge in [-0.15, -0.1) is 0 Å². The molecule has 1 aliphatic heterocycles. The average Bonchev–Trinajstić information content (AvgIpc) is 3.05. The normalized spacial score (nSPS) is 16.4. The van der Waals surface area contributed by atoms with Crippen molar-refractivity contribution >= 4 is 17.3 Å². The Morgan fingerprint density at radius 3 is 2.91 bits per heavy atom. The van der Waals surface area contributed by atoms with Crippen LogP contribution >= 0.6 is 0 Å². The SMILES string of the molecule is O=CC(c1ccccc1)N1CCc2c(cnc3[nH]ncc23)C1. The van der Waals surface area contributed by atoms with Crippen LogP contribution in [0.1, 0.15) is 22.7 Å². The zero-order chi connectivity index (χ0) is 14.9. The summed E-state index contributed by atoms with van der Waals surface area (Å²) >= 11 is 0. The summed E-state index contributed by atoms with van der Waals surface area (Å²) in [5.74, 6) is 0. The number of nitrogens with one attached hydrogen (secondary N) is 1. The third kappa shape index (κ3) is 2.10. The molecule has 22 heavy (non-hydrogen) atoms. The number of carbonyl (C=O) groups is 1. The molecule has 0 amide bonds. The van der Waals surface area contributed by atoms with E-state index in [1.54, 1.807) is 0 Å². The van der Waals surface area contributed by atoms with E-state index in [2.05, 4.69) is 20.1 Å². The highest BCUT2D eigenvalue weighted by molar-refractivity contribution is 5.79. The van der Waals surface area contributed by atoms with Gasteiger partial charge in [-0.05, 0) is 23.1 Å². The largest absolute Gasteiger partial charge is 0.301 e. The summed E-state index contributed by atoms with van der Waals surface area (Å²) in [7, 11) is 0. The fraction of sp³-hybridized carbons (Fsp3) is 0.235. The maximum atomic E-state index is 11.6. The molecule has 4 rings (SSSR count). The maximum Gasteiger partial charge on any atom is 0.155 e. The Kier molecular flexibility index (Phi) is 3.20. The van der Waals surface area contributed by atoms with Gasteiger partial charge in [-0.3, -0.25) is 10.00 Å². The minimum atomic E-state index is -0.200. The summed E-state index contributed by atoms with van der Waals surface area (Å²) in [5.41, 5.74) is 4.36. The highest BCUT2D eigenvalue weighted by atomic mass is 16.1. The Bertz CT molecular complexity index is 812. The van der Waals surface area contributed by atoms with Crippen molar-refractivity contribution < 1.29 is 4.79 Å². The predicted octanol–water partition coefficient (Wildman–Crippen LogP) is 2.26. The van der Waals surface area contributed by atoms with E-state index in [1.807, 2.05) is 42.7 Å². The molecule has 3 heterocycles. The number of aldehydes is 1. The Morgan fingerprint density at radius 1 is 1.23 bits per heavy atom. The molecule has 0 saturated carbocycles. The Labute approximate surface area is 128 Å². The lowest BCUT2D eigenvalue weighted by Crippen LogP contribution is -2.35. The number of fused-ring (bicyclic) bond motifs is 3. The van der Waals surface area contributed by atoms with E-state index in [-0.39, 0.29) is 6.04 Å². The number of hydrogen-bond donors (Lipinski definition) is 1. The lowest BCUT2D eigenvalue weighted by Gasteiger charge is -2.33. The Hall–Kier alpha value is -2.53. The second-order valence-electron chi connectivity index (χ2n) is 5.61. The molecule has 1 aliphatic rings. The van der Waals surface area contributed by atoms with Crippen molar-refractivity contribution in [2.75, 3.05) is 6.54 Å². The van der Waals surface area contributed by atoms with Crippen LogP contribution < -0.4 is 0 Å². The number of rotatable bonds is 3. The van der Waals surface area contributed by atoms with E-state index in [4.69, 9.17) is 0 Å². The predicted molar refractivity (Wildman–Crippen MR) is 83.2 cm³/mol. The summed E-state index contributed by atoms with van der Waals surface area (Å²) in [6.45, 7) is 1.59. The highest BCUT2D eigenvalue weighted by Crippen LogP contribution is 2.29. The monoisotopic (exact) mass is 292 g/mol. The molecule has 0 bridgehead atoms. The minimum absolute atomic E-state index is 0.200. The highest BCUT2D eigenvalue weighted by Gasteiger charge is 2.25. The van der Waals surface area contributed by atoms with Crippen LogP contribution in [0, 0.1) is 0 Å². The van der Waals surface area contributed by atoms with Crippen molar-refractivity contribution in [3.05, 3.63) is 59.4 Å². The molecule has 0 saturated heterocycles. The van der Waals surface area contributed by atoms with Gasteiger partial charge in [-0.2, -0.15) is 5.10 Å². The molecule has 0 spiro atoms. The smallest absolute Gasteiger partial charge is 0.155 e. The third-order valence-electron chi connectivity index (χ3n) is 4.37. The number of aromatic nitrogens is 3. The molecular formula is C17H16N4O. The summed E-state index contributed by atoms with van der Waals surface area (Å²) in [4.78, 5) is 18.2.